The number of carbonyl (C=O) groups is 1. The summed E-state index contributed by atoms with van der Waals surface area (Å²) < 4.78 is 11.9. The van der Waals surface area contributed by atoms with Crippen molar-refractivity contribution in [2.75, 3.05) is 46.3 Å². The SMILES string of the molecule is COc1ccc(OC)c2sc(N(CCC[NH+](C)C)C(=O)c3ccccc3C)nc12. The fraction of sp³-hybridized carbons (Fsp3) is 0.364. The number of nitrogens with zero attached hydrogens (tertiary/aromatic N) is 2. The standard InChI is InChI=1S/C22H27N3O3S/c1-15-9-6-7-10-16(15)21(26)25(14-8-13-24(2)3)22-23-19-17(27-4)11-12-18(28-5)20(19)29-22/h6-7,9-12H,8,13-14H2,1-5H3/p+1. The lowest BCUT2D eigenvalue weighted by Crippen LogP contribution is -3.05. The van der Waals surface area contributed by atoms with Crippen molar-refractivity contribution in [3.63, 3.8) is 0 Å². The lowest BCUT2D eigenvalue weighted by atomic mass is 10.1. The van der Waals surface area contributed by atoms with Gasteiger partial charge in [0.2, 0.25) is 0 Å². The zero-order valence-corrected chi connectivity index (χ0v) is 18.4. The summed E-state index contributed by atoms with van der Waals surface area (Å²) in [5.74, 6) is 1.36. The number of aryl methyl sites for hydroxylation is 1. The number of methoxy groups -OCH3 is 2. The van der Waals surface area contributed by atoms with Gasteiger partial charge in [-0.2, -0.15) is 0 Å². The minimum absolute atomic E-state index is 0.0335. The first kappa shape index (κ1) is 21.1. The topological polar surface area (TPSA) is 56.1 Å². The number of rotatable bonds is 8. The van der Waals surface area contributed by atoms with E-state index in [1.54, 1.807) is 19.1 Å². The first-order valence-corrected chi connectivity index (χ1v) is 10.5. The van der Waals surface area contributed by atoms with E-state index in [9.17, 15) is 4.79 Å². The molecule has 0 saturated heterocycles. The van der Waals surface area contributed by atoms with Crippen molar-refractivity contribution in [2.45, 2.75) is 13.3 Å². The predicted molar refractivity (Wildman–Crippen MR) is 118 cm³/mol. The van der Waals surface area contributed by atoms with Gasteiger partial charge in [-0.3, -0.25) is 9.69 Å². The maximum Gasteiger partial charge on any atom is 0.260 e. The van der Waals surface area contributed by atoms with Gasteiger partial charge in [0.1, 0.15) is 21.7 Å². The zero-order chi connectivity index (χ0) is 21.0. The number of nitrogens with one attached hydrogen (secondary N) is 1. The van der Waals surface area contributed by atoms with E-state index in [1.165, 1.54) is 16.2 Å². The Kier molecular flexibility index (Phi) is 6.71. The number of quaternary nitrogens is 1. The van der Waals surface area contributed by atoms with Crippen LogP contribution in [0.5, 0.6) is 11.5 Å². The minimum atomic E-state index is -0.0335. The van der Waals surface area contributed by atoms with Crippen molar-refractivity contribution < 1.29 is 19.2 Å². The van der Waals surface area contributed by atoms with Crippen LogP contribution < -0.4 is 19.3 Å². The number of benzene rings is 2. The molecule has 0 unspecified atom stereocenters. The molecule has 1 aromatic heterocycles. The third-order valence-corrected chi connectivity index (χ3v) is 5.90. The molecule has 0 atom stereocenters. The van der Waals surface area contributed by atoms with Crippen LogP contribution in [0.15, 0.2) is 36.4 Å². The number of hydrogen-bond acceptors (Lipinski definition) is 5. The van der Waals surface area contributed by atoms with E-state index in [-0.39, 0.29) is 5.91 Å². The minimum Gasteiger partial charge on any atom is -0.495 e. The molecule has 1 N–H and O–H groups in total. The van der Waals surface area contributed by atoms with E-state index in [2.05, 4.69) is 14.1 Å². The first-order valence-electron chi connectivity index (χ1n) is 9.64. The van der Waals surface area contributed by atoms with Gasteiger partial charge in [-0.15, -0.1) is 0 Å². The maximum atomic E-state index is 13.5. The number of amides is 1. The van der Waals surface area contributed by atoms with Crippen LogP contribution in [0.4, 0.5) is 5.13 Å². The van der Waals surface area contributed by atoms with Gasteiger partial charge in [0, 0.05) is 18.5 Å². The van der Waals surface area contributed by atoms with Crippen molar-refractivity contribution in [3.8, 4) is 11.5 Å². The van der Waals surface area contributed by atoms with Crippen molar-refractivity contribution in [1.29, 1.82) is 0 Å². The largest absolute Gasteiger partial charge is 0.495 e. The molecular weight excluding hydrogens is 386 g/mol. The van der Waals surface area contributed by atoms with Gasteiger partial charge in [-0.1, -0.05) is 29.5 Å². The first-order chi connectivity index (χ1) is 14.0. The van der Waals surface area contributed by atoms with Crippen molar-refractivity contribution >= 4 is 32.6 Å². The second-order valence-electron chi connectivity index (χ2n) is 7.23. The summed E-state index contributed by atoms with van der Waals surface area (Å²) in [4.78, 5) is 21.4. The summed E-state index contributed by atoms with van der Waals surface area (Å²) >= 11 is 1.46. The van der Waals surface area contributed by atoms with Gasteiger partial charge in [-0.05, 0) is 30.7 Å². The third-order valence-electron chi connectivity index (χ3n) is 4.81. The van der Waals surface area contributed by atoms with Crippen LogP contribution in [0.1, 0.15) is 22.3 Å². The number of ether oxygens (including phenoxy) is 2. The third kappa shape index (κ3) is 4.52. The molecule has 7 heteroatoms. The second kappa shape index (κ2) is 9.24. The lowest BCUT2D eigenvalue weighted by molar-refractivity contribution is -0.858. The zero-order valence-electron chi connectivity index (χ0n) is 17.6. The van der Waals surface area contributed by atoms with Gasteiger partial charge >= 0.3 is 0 Å². The molecule has 3 rings (SSSR count). The fourth-order valence-electron chi connectivity index (χ4n) is 3.22. The van der Waals surface area contributed by atoms with Gasteiger partial charge < -0.3 is 14.4 Å². The molecule has 3 aromatic rings. The van der Waals surface area contributed by atoms with Gasteiger partial charge in [0.25, 0.3) is 5.91 Å². The van der Waals surface area contributed by atoms with Gasteiger partial charge in [0.05, 0.1) is 34.9 Å². The van der Waals surface area contributed by atoms with Crippen LogP contribution in [0.2, 0.25) is 0 Å². The molecule has 0 fully saturated rings. The summed E-state index contributed by atoms with van der Waals surface area (Å²) in [5.41, 5.74) is 2.37. The summed E-state index contributed by atoms with van der Waals surface area (Å²) in [6, 6.07) is 11.4. The summed E-state index contributed by atoms with van der Waals surface area (Å²) in [6.45, 7) is 3.53. The van der Waals surface area contributed by atoms with E-state index in [0.29, 0.717) is 28.5 Å². The Morgan fingerprint density at radius 1 is 1.10 bits per heavy atom. The molecule has 6 nitrogen and oxygen atoms in total. The Labute approximate surface area is 175 Å². The average Bonchev–Trinajstić information content (AvgIpc) is 3.15. The molecular formula is C22H28N3O3S+. The molecule has 0 aliphatic carbocycles. The van der Waals surface area contributed by atoms with E-state index in [1.807, 2.05) is 43.3 Å². The van der Waals surface area contributed by atoms with Gasteiger partial charge in [-0.25, -0.2) is 4.98 Å². The monoisotopic (exact) mass is 414 g/mol. The maximum absolute atomic E-state index is 13.5. The molecule has 0 aliphatic rings. The predicted octanol–water partition coefficient (Wildman–Crippen LogP) is 2.80. The van der Waals surface area contributed by atoms with Crippen LogP contribution >= 0.6 is 11.3 Å². The highest BCUT2D eigenvalue weighted by Crippen LogP contribution is 2.40. The average molecular weight is 415 g/mol. The van der Waals surface area contributed by atoms with Crippen LogP contribution in [0.25, 0.3) is 10.2 Å². The number of hydrogen-bond donors (Lipinski definition) is 1. The molecule has 2 aromatic carbocycles. The summed E-state index contributed by atoms with van der Waals surface area (Å²) in [5, 5.41) is 0.657. The number of fused-ring (bicyclic) bond motifs is 1. The molecule has 0 radical (unpaired) electrons. The highest BCUT2D eigenvalue weighted by molar-refractivity contribution is 7.22. The number of carbonyl (C=O) groups excluding carboxylic acids is 1. The lowest BCUT2D eigenvalue weighted by Gasteiger charge is -2.21. The molecule has 0 spiro atoms. The van der Waals surface area contributed by atoms with Crippen LogP contribution in [-0.4, -0.2) is 52.3 Å². The second-order valence-corrected chi connectivity index (χ2v) is 8.20. The highest BCUT2D eigenvalue weighted by Gasteiger charge is 2.24. The molecule has 1 amide bonds. The van der Waals surface area contributed by atoms with Crippen molar-refractivity contribution in [1.82, 2.24) is 4.98 Å². The molecule has 29 heavy (non-hydrogen) atoms. The Balaban J connectivity index is 2.06. The molecule has 154 valence electrons. The fourth-order valence-corrected chi connectivity index (χ4v) is 4.32. The van der Waals surface area contributed by atoms with E-state index >= 15 is 0 Å². The Morgan fingerprint density at radius 3 is 2.45 bits per heavy atom. The van der Waals surface area contributed by atoms with Crippen LogP contribution in [0.3, 0.4) is 0 Å². The normalized spacial score (nSPS) is 11.1. The number of anilines is 1. The van der Waals surface area contributed by atoms with Gasteiger partial charge in [0.15, 0.2) is 5.13 Å². The van der Waals surface area contributed by atoms with E-state index in [0.717, 1.165) is 29.0 Å². The quantitative estimate of drug-likeness (QED) is 0.616. The molecule has 1 heterocycles. The number of aromatic nitrogens is 1. The number of thiazole rings is 1. The van der Waals surface area contributed by atoms with Crippen molar-refractivity contribution in [2.24, 2.45) is 0 Å². The van der Waals surface area contributed by atoms with E-state index < -0.39 is 0 Å². The smallest absolute Gasteiger partial charge is 0.260 e. The summed E-state index contributed by atoms with van der Waals surface area (Å²) in [7, 11) is 7.48. The summed E-state index contributed by atoms with van der Waals surface area (Å²) in [6.07, 6.45) is 0.879. The Bertz CT molecular complexity index is 959. The highest BCUT2D eigenvalue weighted by atomic mass is 32.1. The van der Waals surface area contributed by atoms with Crippen LogP contribution in [-0.2, 0) is 0 Å². The Hall–Kier alpha value is -2.64. The molecule has 0 bridgehead atoms. The Morgan fingerprint density at radius 2 is 1.79 bits per heavy atom. The molecule has 0 aliphatic heterocycles. The van der Waals surface area contributed by atoms with Crippen molar-refractivity contribution in [3.05, 3.63) is 47.5 Å². The molecule has 0 saturated carbocycles. The van der Waals surface area contributed by atoms with Crippen LogP contribution in [0, 0.1) is 6.92 Å². The van der Waals surface area contributed by atoms with E-state index in [4.69, 9.17) is 14.5 Å².